The van der Waals surface area contributed by atoms with Gasteiger partial charge in [0.1, 0.15) is 0 Å². The highest BCUT2D eigenvalue weighted by Gasteiger charge is 1.92. The molecule has 6 heteroatoms. The summed E-state index contributed by atoms with van der Waals surface area (Å²) < 4.78 is 0. The lowest BCUT2D eigenvalue weighted by Crippen LogP contribution is -1.94. The molecule has 0 spiro atoms. The summed E-state index contributed by atoms with van der Waals surface area (Å²) in [4.78, 5) is 0. The summed E-state index contributed by atoms with van der Waals surface area (Å²) in [5.74, 6) is 0.561. The van der Waals surface area contributed by atoms with E-state index in [9.17, 15) is 0 Å². The Balaban J connectivity index is 1.96. The normalized spacial score (nSPS) is 10.7. The molecule has 0 fully saturated rings. The van der Waals surface area contributed by atoms with Crippen molar-refractivity contribution in [1.82, 2.24) is 10.2 Å². The molecule has 2 rings (SSSR count). The number of hydrogen-bond acceptors (Lipinski definition) is 5. The monoisotopic (exact) mass is 238 g/mol. The van der Waals surface area contributed by atoms with Gasteiger partial charge in [0.15, 0.2) is 11.0 Å². The van der Waals surface area contributed by atoms with Gasteiger partial charge in [-0.1, -0.05) is 11.6 Å². The third-order valence-electron chi connectivity index (χ3n) is 1.57. The van der Waals surface area contributed by atoms with Crippen molar-refractivity contribution in [3.05, 3.63) is 39.7 Å². The second-order valence-electron chi connectivity index (χ2n) is 2.67. The average Bonchev–Trinajstić information content (AvgIpc) is 2.74. The summed E-state index contributed by atoms with van der Waals surface area (Å²) in [6, 6.07) is 5.33. The molecule has 2 aromatic heterocycles. The lowest BCUT2D eigenvalue weighted by atomic mass is 10.4. The van der Waals surface area contributed by atoms with Crippen LogP contribution in [0.1, 0.15) is 5.56 Å². The van der Waals surface area contributed by atoms with Gasteiger partial charge in [-0.2, -0.15) is 16.4 Å². The molecule has 0 aliphatic carbocycles. The summed E-state index contributed by atoms with van der Waals surface area (Å²) >= 11 is 7.21. The van der Waals surface area contributed by atoms with Crippen LogP contribution >= 0.6 is 22.9 Å². The summed E-state index contributed by atoms with van der Waals surface area (Å²) in [7, 11) is 0. The lowest BCUT2D eigenvalue weighted by Gasteiger charge is -1.96. The van der Waals surface area contributed by atoms with E-state index in [2.05, 4.69) is 20.7 Å². The van der Waals surface area contributed by atoms with E-state index in [1.54, 1.807) is 29.7 Å². The first kappa shape index (κ1) is 10.1. The van der Waals surface area contributed by atoms with Gasteiger partial charge >= 0.3 is 0 Å². The van der Waals surface area contributed by atoms with E-state index in [0.717, 1.165) is 5.56 Å². The fourth-order valence-corrected chi connectivity index (χ4v) is 1.61. The first-order chi connectivity index (χ1) is 7.34. The van der Waals surface area contributed by atoms with Crippen LogP contribution in [0.25, 0.3) is 0 Å². The molecule has 0 amide bonds. The van der Waals surface area contributed by atoms with Crippen LogP contribution in [-0.2, 0) is 0 Å². The molecule has 0 aromatic carbocycles. The van der Waals surface area contributed by atoms with Crippen molar-refractivity contribution in [2.75, 3.05) is 5.43 Å². The zero-order valence-corrected chi connectivity index (χ0v) is 9.16. The fraction of sp³-hybridized carbons (Fsp3) is 0. The average molecular weight is 239 g/mol. The minimum atomic E-state index is 0.363. The number of hydrogen-bond donors (Lipinski definition) is 1. The van der Waals surface area contributed by atoms with E-state index in [-0.39, 0.29) is 0 Å². The Morgan fingerprint density at radius 1 is 1.33 bits per heavy atom. The van der Waals surface area contributed by atoms with Gasteiger partial charge in [-0.05, 0) is 29.0 Å². The molecule has 4 nitrogen and oxygen atoms in total. The van der Waals surface area contributed by atoms with Crippen LogP contribution in [0.4, 0.5) is 5.82 Å². The smallest absolute Gasteiger partial charge is 0.168 e. The Kier molecular flexibility index (Phi) is 3.26. The molecular weight excluding hydrogens is 232 g/mol. The Hall–Kier alpha value is -1.46. The van der Waals surface area contributed by atoms with E-state index in [0.29, 0.717) is 11.0 Å². The zero-order chi connectivity index (χ0) is 10.5. The molecule has 0 saturated heterocycles. The molecule has 15 heavy (non-hydrogen) atoms. The standard InChI is InChI=1S/C9H7ClN4S/c10-8-1-2-9(14-12-8)13-11-5-7-3-4-15-6-7/h1-6H,(H,13,14). The molecule has 0 aliphatic rings. The SMILES string of the molecule is Clc1ccc(NN=Cc2ccsc2)nn1. The van der Waals surface area contributed by atoms with Crippen LogP contribution in [0.15, 0.2) is 34.1 Å². The van der Waals surface area contributed by atoms with Gasteiger partial charge in [-0.3, -0.25) is 5.43 Å². The van der Waals surface area contributed by atoms with Crippen molar-refractivity contribution in [1.29, 1.82) is 0 Å². The first-order valence-electron chi connectivity index (χ1n) is 4.15. The molecule has 0 unspecified atom stereocenters. The van der Waals surface area contributed by atoms with E-state index in [1.807, 2.05) is 16.8 Å². The first-order valence-corrected chi connectivity index (χ1v) is 5.47. The summed E-state index contributed by atoms with van der Waals surface area (Å²) in [5, 5.41) is 15.8. The minimum absolute atomic E-state index is 0.363. The second kappa shape index (κ2) is 4.86. The van der Waals surface area contributed by atoms with Gasteiger partial charge < -0.3 is 0 Å². The van der Waals surface area contributed by atoms with Crippen LogP contribution in [0.5, 0.6) is 0 Å². The third-order valence-corrected chi connectivity index (χ3v) is 2.47. The van der Waals surface area contributed by atoms with Crippen molar-refractivity contribution in [3.8, 4) is 0 Å². The van der Waals surface area contributed by atoms with Crippen molar-refractivity contribution in [3.63, 3.8) is 0 Å². The molecule has 0 saturated carbocycles. The highest BCUT2D eigenvalue weighted by atomic mass is 35.5. The van der Waals surface area contributed by atoms with Crippen LogP contribution in [0.2, 0.25) is 5.15 Å². The molecule has 0 atom stereocenters. The van der Waals surface area contributed by atoms with E-state index in [4.69, 9.17) is 11.6 Å². The number of anilines is 1. The summed E-state index contributed by atoms with van der Waals surface area (Å²) in [5.41, 5.74) is 3.80. The molecule has 0 radical (unpaired) electrons. The van der Waals surface area contributed by atoms with Crippen LogP contribution in [-0.4, -0.2) is 16.4 Å². The van der Waals surface area contributed by atoms with Gasteiger partial charge in [0.05, 0.1) is 6.21 Å². The number of rotatable bonds is 3. The van der Waals surface area contributed by atoms with Crippen molar-refractivity contribution >= 4 is 35.0 Å². The number of hydrazone groups is 1. The van der Waals surface area contributed by atoms with Gasteiger partial charge in [0.2, 0.25) is 0 Å². The quantitative estimate of drug-likeness (QED) is 0.661. The maximum Gasteiger partial charge on any atom is 0.168 e. The van der Waals surface area contributed by atoms with Crippen LogP contribution in [0, 0.1) is 0 Å². The predicted octanol–water partition coefficient (Wildman–Crippen LogP) is 2.64. The molecule has 76 valence electrons. The number of aromatic nitrogens is 2. The number of halogens is 1. The number of nitrogens with one attached hydrogen (secondary N) is 1. The maximum atomic E-state index is 5.59. The molecule has 1 N–H and O–H groups in total. The highest BCUT2D eigenvalue weighted by molar-refractivity contribution is 7.08. The Bertz CT molecular complexity index is 438. The summed E-state index contributed by atoms with van der Waals surface area (Å²) in [6.45, 7) is 0. The minimum Gasteiger partial charge on any atom is -0.260 e. The lowest BCUT2D eigenvalue weighted by molar-refractivity contribution is 1.02. The van der Waals surface area contributed by atoms with Gasteiger partial charge in [0, 0.05) is 5.56 Å². The third kappa shape index (κ3) is 3.00. The fourth-order valence-electron chi connectivity index (χ4n) is 0.897. The molecule has 2 aromatic rings. The van der Waals surface area contributed by atoms with Crippen molar-refractivity contribution in [2.24, 2.45) is 5.10 Å². The largest absolute Gasteiger partial charge is 0.260 e. The molecule has 0 aliphatic heterocycles. The maximum absolute atomic E-state index is 5.59. The topological polar surface area (TPSA) is 50.2 Å². The number of thiophene rings is 1. The summed E-state index contributed by atoms with van der Waals surface area (Å²) in [6.07, 6.45) is 1.72. The molecule has 2 heterocycles. The highest BCUT2D eigenvalue weighted by Crippen LogP contribution is 2.06. The van der Waals surface area contributed by atoms with E-state index < -0.39 is 0 Å². The van der Waals surface area contributed by atoms with E-state index >= 15 is 0 Å². The Labute approximate surface area is 95.6 Å². The Morgan fingerprint density at radius 3 is 2.93 bits per heavy atom. The van der Waals surface area contributed by atoms with Crippen molar-refractivity contribution < 1.29 is 0 Å². The van der Waals surface area contributed by atoms with Gasteiger partial charge in [-0.15, -0.1) is 10.2 Å². The molecular formula is C9H7ClN4S. The van der Waals surface area contributed by atoms with Crippen LogP contribution < -0.4 is 5.43 Å². The second-order valence-corrected chi connectivity index (χ2v) is 3.84. The van der Waals surface area contributed by atoms with Gasteiger partial charge in [-0.25, -0.2) is 0 Å². The van der Waals surface area contributed by atoms with E-state index in [1.165, 1.54) is 0 Å². The Morgan fingerprint density at radius 2 is 2.27 bits per heavy atom. The van der Waals surface area contributed by atoms with Crippen molar-refractivity contribution in [2.45, 2.75) is 0 Å². The zero-order valence-electron chi connectivity index (χ0n) is 7.59. The van der Waals surface area contributed by atoms with Gasteiger partial charge in [0.25, 0.3) is 0 Å². The predicted molar refractivity (Wildman–Crippen MR) is 62.6 cm³/mol. The van der Waals surface area contributed by atoms with Crippen LogP contribution in [0.3, 0.4) is 0 Å². The molecule has 0 bridgehead atoms. The number of nitrogens with zero attached hydrogens (tertiary/aromatic N) is 3.